The Bertz CT molecular complexity index is 1430. The number of ketones is 1. The molecule has 1 aliphatic carbocycles. The van der Waals surface area contributed by atoms with Crippen LogP contribution in [0.3, 0.4) is 0 Å². The van der Waals surface area contributed by atoms with E-state index in [-0.39, 0.29) is 11.7 Å². The van der Waals surface area contributed by atoms with Gasteiger partial charge in [0.15, 0.2) is 11.4 Å². The fourth-order valence-electron chi connectivity index (χ4n) is 4.58. The van der Waals surface area contributed by atoms with Gasteiger partial charge in [0.1, 0.15) is 6.33 Å². The van der Waals surface area contributed by atoms with E-state index in [0.717, 1.165) is 46.2 Å². The molecular weight excluding hydrogens is 360 g/mol. The van der Waals surface area contributed by atoms with Gasteiger partial charge in [0.25, 0.3) is 0 Å². The molecular formula is C24H18N4O. The molecule has 1 unspecified atom stereocenters. The summed E-state index contributed by atoms with van der Waals surface area (Å²) in [6.45, 7) is 0. The van der Waals surface area contributed by atoms with Crippen LogP contribution in [0.5, 0.6) is 0 Å². The predicted molar refractivity (Wildman–Crippen MR) is 113 cm³/mol. The van der Waals surface area contributed by atoms with Gasteiger partial charge in [-0.25, -0.2) is 0 Å². The fourth-order valence-corrected chi connectivity index (χ4v) is 4.58. The lowest BCUT2D eigenvalue weighted by atomic mass is 9.87. The molecule has 5 nitrogen and oxygen atoms in total. The Hall–Kier alpha value is -3.73. The highest BCUT2D eigenvalue weighted by Crippen LogP contribution is 2.35. The third-order valence-electron chi connectivity index (χ3n) is 5.92. The van der Waals surface area contributed by atoms with E-state index in [1.54, 1.807) is 12.4 Å². The summed E-state index contributed by atoms with van der Waals surface area (Å²) in [6, 6.07) is 18.7. The summed E-state index contributed by atoms with van der Waals surface area (Å²) in [4.78, 5) is 13.0. The third-order valence-corrected chi connectivity index (χ3v) is 5.92. The SMILES string of the molecule is O=C1C=Cc2c(n3ccc4cccc(c5nncn25)c43)C1CCc1ccccc1. The topological polar surface area (TPSA) is 51.7 Å². The van der Waals surface area contributed by atoms with Crippen LogP contribution in [0.2, 0.25) is 0 Å². The minimum Gasteiger partial charge on any atom is -0.317 e. The normalized spacial score (nSPS) is 16.1. The van der Waals surface area contributed by atoms with Gasteiger partial charge in [-0.1, -0.05) is 42.5 Å². The first kappa shape index (κ1) is 16.2. The Kier molecular flexibility index (Phi) is 3.44. The molecule has 1 atom stereocenters. The van der Waals surface area contributed by atoms with Crippen molar-refractivity contribution in [3.63, 3.8) is 0 Å². The highest BCUT2D eigenvalue weighted by atomic mass is 16.1. The molecule has 0 N–H and O–H groups in total. The van der Waals surface area contributed by atoms with Crippen molar-refractivity contribution >= 4 is 33.8 Å². The molecule has 0 amide bonds. The zero-order valence-corrected chi connectivity index (χ0v) is 15.7. The van der Waals surface area contributed by atoms with Crippen molar-refractivity contribution in [2.24, 2.45) is 0 Å². The van der Waals surface area contributed by atoms with Gasteiger partial charge in [-0.05, 0) is 42.7 Å². The molecule has 0 aliphatic heterocycles. The number of aromatic nitrogens is 4. The largest absolute Gasteiger partial charge is 0.317 e. The summed E-state index contributed by atoms with van der Waals surface area (Å²) in [5, 5.41) is 10.7. The molecule has 3 heterocycles. The fraction of sp³-hybridized carbons (Fsp3) is 0.125. The van der Waals surface area contributed by atoms with Crippen molar-refractivity contribution < 1.29 is 4.79 Å². The molecule has 1 aliphatic rings. The summed E-state index contributed by atoms with van der Waals surface area (Å²) in [7, 11) is 0. The maximum absolute atomic E-state index is 13.0. The van der Waals surface area contributed by atoms with Crippen LogP contribution in [0, 0.1) is 0 Å². The van der Waals surface area contributed by atoms with Crippen molar-refractivity contribution in [2.75, 3.05) is 0 Å². The second kappa shape index (κ2) is 6.14. The molecule has 5 heteroatoms. The van der Waals surface area contributed by atoms with E-state index in [0.29, 0.717) is 0 Å². The maximum atomic E-state index is 13.0. The molecule has 29 heavy (non-hydrogen) atoms. The molecule has 0 saturated heterocycles. The highest BCUT2D eigenvalue weighted by Gasteiger charge is 2.29. The number of para-hydroxylation sites is 1. The van der Waals surface area contributed by atoms with Gasteiger partial charge in [0, 0.05) is 17.0 Å². The predicted octanol–water partition coefficient (Wildman–Crippen LogP) is 4.45. The summed E-state index contributed by atoms with van der Waals surface area (Å²) in [6.07, 6.45) is 9.03. The summed E-state index contributed by atoms with van der Waals surface area (Å²) in [5.74, 6) is -0.0669. The maximum Gasteiger partial charge on any atom is 0.170 e. The first-order valence-electron chi connectivity index (χ1n) is 9.82. The number of rotatable bonds is 3. The van der Waals surface area contributed by atoms with Crippen LogP contribution in [0.1, 0.15) is 29.3 Å². The lowest BCUT2D eigenvalue weighted by Crippen LogP contribution is -2.19. The molecule has 3 aromatic heterocycles. The number of carbonyl (C=O) groups excluding carboxylic acids is 1. The first-order valence-corrected chi connectivity index (χ1v) is 9.82. The Morgan fingerprint density at radius 2 is 1.83 bits per heavy atom. The van der Waals surface area contributed by atoms with E-state index in [1.807, 2.05) is 34.7 Å². The van der Waals surface area contributed by atoms with Crippen LogP contribution < -0.4 is 0 Å². The molecule has 0 fully saturated rings. The van der Waals surface area contributed by atoms with Gasteiger partial charge in [-0.2, -0.15) is 0 Å². The number of hydrogen-bond donors (Lipinski definition) is 0. The molecule has 6 rings (SSSR count). The monoisotopic (exact) mass is 378 g/mol. The number of benzene rings is 2. The van der Waals surface area contributed by atoms with Crippen molar-refractivity contribution in [2.45, 2.75) is 18.8 Å². The van der Waals surface area contributed by atoms with Gasteiger partial charge in [-0.15, -0.1) is 10.2 Å². The van der Waals surface area contributed by atoms with E-state index in [4.69, 9.17) is 0 Å². The van der Waals surface area contributed by atoms with E-state index in [2.05, 4.69) is 51.1 Å². The van der Waals surface area contributed by atoms with Crippen LogP contribution in [-0.4, -0.2) is 24.8 Å². The Morgan fingerprint density at radius 1 is 0.931 bits per heavy atom. The zero-order chi connectivity index (χ0) is 19.4. The molecule has 2 aromatic carbocycles. The standard InChI is InChI=1S/C24H18N4O/c29-21-12-11-20-23(18(21)10-9-16-5-2-1-3-6-16)27-14-13-17-7-4-8-19(22(17)27)24-26-25-15-28(20)24/h1-8,11-15,18H,9-10H2. The molecule has 140 valence electrons. The van der Waals surface area contributed by atoms with Gasteiger partial charge in [0.05, 0.1) is 22.8 Å². The van der Waals surface area contributed by atoms with Crippen LogP contribution in [0.4, 0.5) is 0 Å². The summed E-state index contributed by atoms with van der Waals surface area (Å²) >= 11 is 0. The lowest BCUT2D eigenvalue weighted by Gasteiger charge is -2.21. The van der Waals surface area contributed by atoms with Crippen LogP contribution >= 0.6 is 0 Å². The Labute approximate surface area is 166 Å². The average Bonchev–Trinajstić information content (AvgIpc) is 3.38. The number of carbonyl (C=O) groups is 1. The summed E-state index contributed by atoms with van der Waals surface area (Å²) in [5.41, 5.74) is 5.11. The number of hydrogen-bond acceptors (Lipinski definition) is 3. The lowest BCUT2D eigenvalue weighted by molar-refractivity contribution is -0.116. The van der Waals surface area contributed by atoms with Crippen molar-refractivity contribution in [1.82, 2.24) is 19.0 Å². The second-order valence-corrected chi connectivity index (χ2v) is 7.54. The average molecular weight is 378 g/mol. The number of allylic oxidation sites excluding steroid dienone is 1. The Morgan fingerprint density at radius 3 is 2.72 bits per heavy atom. The van der Waals surface area contributed by atoms with Crippen LogP contribution in [0.25, 0.3) is 28.0 Å². The van der Waals surface area contributed by atoms with Gasteiger partial charge in [0.2, 0.25) is 0 Å². The quantitative estimate of drug-likeness (QED) is 0.466. The zero-order valence-electron chi connectivity index (χ0n) is 15.7. The molecule has 0 radical (unpaired) electrons. The Balaban J connectivity index is 1.64. The van der Waals surface area contributed by atoms with E-state index < -0.39 is 0 Å². The highest BCUT2D eigenvalue weighted by molar-refractivity contribution is 6.05. The third kappa shape index (κ3) is 2.37. The minimum absolute atomic E-state index is 0.149. The first-order chi connectivity index (χ1) is 14.3. The molecule has 0 bridgehead atoms. The number of fused-ring (bicyclic) bond motifs is 5. The van der Waals surface area contributed by atoms with Gasteiger partial charge < -0.3 is 4.40 Å². The van der Waals surface area contributed by atoms with E-state index >= 15 is 0 Å². The van der Waals surface area contributed by atoms with Crippen LogP contribution in [0.15, 0.2) is 73.2 Å². The van der Waals surface area contributed by atoms with Crippen molar-refractivity contribution in [3.05, 3.63) is 90.1 Å². The van der Waals surface area contributed by atoms with Crippen molar-refractivity contribution in [1.29, 1.82) is 0 Å². The van der Waals surface area contributed by atoms with Crippen molar-refractivity contribution in [3.8, 4) is 0 Å². The molecule has 0 spiro atoms. The summed E-state index contributed by atoms with van der Waals surface area (Å²) < 4.78 is 4.20. The number of aryl methyl sites for hydroxylation is 1. The minimum atomic E-state index is -0.216. The van der Waals surface area contributed by atoms with Gasteiger partial charge in [-0.3, -0.25) is 9.20 Å². The van der Waals surface area contributed by atoms with Crippen LogP contribution in [-0.2, 0) is 11.2 Å². The van der Waals surface area contributed by atoms with E-state index in [9.17, 15) is 4.79 Å². The van der Waals surface area contributed by atoms with E-state index in [1.165, 1.54) is 5.56 Å². The number of nitrogens with zero attached hydrogens (tertiary/aromatic N) is 4. The smallest absolute Gasteiger partial charge is 0.170 e. The van der Waals surface area contributed by atoms with Gasteiger partial charge >= 0.3 is 0 Å². The molecule has 5 aromatic rings. The second-order valence-electron chi connectivity index (χ2n) is 7.54. The molecule has 0 saturated carbocycles.